The van der Waals surface area contributed by atoms with Crippen molar-refractivity contribution in [2.24, 2.45) is 0 Å². The van der Waals surface area contributed by atoms with Crippen molar-refractivity contribution >= 4 is 23.2 Å². The molecular weight excluding hydrogens is 336 g/mol. The van der Waals surface area contributed by atoms with Crippen LogP contribution < -0.4 is 0 Å². The molecule has 0 radical (unpaired) electrons. The lowest BCUT2D eigenvalue weighted by molar-refractivity contribution is -0.138. The smallest absolute Gasteiger partial charge is 0.304 e. The summed E-state index contributed by atoms with van der Waals surface area (Å²) in [6.07, 6.45) is -3.50. The SMILES string of the molecule is CN1CCN(CCCc2c(C(F)(F)F)ccc(Cl)c2Cl)CC1. The van der Waals surface area contributed by atoms with E-state index >= 15 is 0 Å². The topological polar surface area (TPSA) is 6.48 Å². The summed E-state index contributed by atoms with van der Waals surface area (Å²) in [6.45, 7) is 4.66. The Morgan fingerprint density at radius 3 is 2.32 bits per heavy atom. The lowest BCUT2D eigenvalue weighted by atomic mass is 10.0. The quantitative estimate of drug-likeness (QED) is 0.799. The Bertz CT molecular complexity index is 512. The van der Waals surface area contributed by atoms with Crippen LogP contribution in [0.25, 0.3) is 0 Å². The first-order chi connectivity index (χ1) is 10.3. The van der Waals surface area contributed by atoms with Crippen LogP contribution in [0.1, 0.15) is 17.5 Å². The molecular formula is C15H19Cl2F3N2. The monoisotopic (exact) mass is 354 g/mol. The van der Waals surface area contributed by atoms with Crippen molar-refractivity contribution in [2.75, 3.05) is 39.8 Å². The average Bonchev–Trinajstić information content (AvgIpc) is 2.44. The van der Waals surface area contributed by atoms with Gasteiger partial charge in [0.2, 0.25) is 0 Å². The maximum Gasteiger partial charge on any atom is 0.416 e. The zero-order chi connectivity index (χ0) is 16.3. The molecule has 22 heavy (non-hydrogen) atoms. The van der Waals surface area contributed by atoms with Crippen molar-refractivity contribution < 1.29 is 13.2 Å². The number of halogens is 5. The van der Waals surface area contributed by atoms with Crippen molar-refractivity contribution in [3.05, 3.63) is 33.3 Å². The van der Waals surface area contributed by atoms with Crippen LogP contribution >= 0.6 is 23.2 Å². The van der Waals surface area contributed by atoms with Crippen LogP contribution in [0, 0.1) is 0 Å². The summed E-state index contributed by atoms with van der Waals surface area (Å²) in [5, 5.41) is 0.194. The minimum Gasteiger partial charge on any atom is -0.304 e. The summed E-state index contributed by atoms with van der Waals surface area (Å²) in [5.74, 6) is 0. The second kappa shape index (κ2) is 7.39. The average molecular weight is 355 g/mol. The molecule has 1 fully saturated rings. The molecule has 2 nitrogen and oxygen atoms in total. The van der Waals surface area contributed by atoms with Gasteiger partial charge in [-0.05, 0) is 44.1 Å². The first-order valence-electron chi connectivity index (χ1n) is 7.24. The summed E-state index contributed by atoms with van der Waals surface area (Å²) in [6, 6.07) is 2.22. The van der Waals surface area contributed by atoms with Gasteiger partial charge in [0.05, 0.1) is 15.6 Å². The zero-order valence-electron chi connectivity index (χ0n) is 12.4. The number of alkyl halides is 3. The Morgan fingerprint density at radius 1 is 1.09 bits per heavy atom. The molecule has 0 aliphatic carbocycles. The van der Waals surface area contributed by atoms with Gasteiger partial charge in [-0.25, -0.2) is 0 Å². The largest absolute Gasteiger partial charge is 0.416 e. The number of piperazine rings is 1. The van der Waals surface area contributed by atoms with Crippen molar-refractivity contribution in [1.82, 2.24) is 9.80 Å². The van der Waals surface area contributed by atoms with E-state index in [-0.39, 0.29) is 22.0 Å². The van der Waals surface area contributed by atoms with Crippen LogP contribution in [-0.2, 0) is 12.6 Å². The second-order valence-corrected chi connectivity index (χ2v) is 6.42. The zero-order valence-corrected chi connectivity index (χ0v) is 13.9. The molecule has 0 saturated carbocycles. The van der Waals surface area contributed by atoms with Crippen LogP contribution in [-0.4, -0.2) is 49.6 Å². The maximum absolute atomic E-state index is 13.1. The molecule has 2 rings (SSSR count). The fraction of sp³-hybridized carbons (Fsp3) is 0.600. The Morgan fingerprint density at radius 2 is 1.73 bits per heavy atom. The van der Waals surface area contributed by atoms with Crippen molar-refractivity contribution in [1.29, 1.82) is 0 Å². The molecule has 0 N–H and O–H groups in total. The molecule has 1 heterocycles. The Kier molecular flexibility index (Phi) is 6.00. The number of benzene rings is 1. The third-order valence-corrected chi connectivity index (χ3v) is 4.84. The molecule has 0 aromatic heterocycles. The number of hydrogen-bond acceptors (Lipinski definition) is 2. The maximum atomic E-state index is 13.1. The molecule has 0 atom stereocenters. The van der Waals surface area contributed by atoms with Gasteiger partial charge in [0.25, 0.3) is 0 Å². The van der Waals surface area contributed by atoms with Gasteiger partial charge in [0, 0.05) is 26.2 Å². The fourth-order valence-corrected chi connectivity index (χ4v) is 3.09. The van der Waals surface area contributed by atoms with E-state index in [1.54, 1.807) is 0 Å². The Hall–Kier alpha value is -0.490. The summed E-state index contributed by atoms with van der Waals surface area (Å²) in [7, 11) is 2.07. The summed E-state index contributed by atoms with van der Waals surface area (Å²) >= 11 is 11.9. The third-order valence-electron chi connectivity index (χ3n) is 4.00. The van der Waals surface area contributed by atoms with Gasteiger partial charge in [-0.2, -0.15) is 13.2 Å². The highest BCUT2D eigenvalue weighted by Crippen LogP contribution is 2.38. The van der Waals surface area contributed by atoms with Crippen LogP contribution in [0.3, 0.4) is 0 Å². The highest BCUT2D eigenvalue weighted by Gasteiger charge is 2.34. The molecule has 124 valence electrons. The van der Waals surface area contributed by atoms with Crippen LogP contribution in [0.15, 0.2) is 12.1 Å². The van der Waals surface area contributed by atoms with Gasteiger partial charge in [0.1, 0.15) is 0 Å². The van der Waals surface area contributed by atoms with E-state index in [9.17, 15) is 13.2 Å². The molecule has 0 spiro atoms. The van der Waals surface area contributed by atoms with E-state index in [1.165, 1.54) is 6.07 Å². The standard InChI is InChI=1S/C15H19Cl2F3N2/c1-21-7-9-22(10-8-21)6-2-3-11-12(15(18,19)20)4-5-13(16)14(11)17/h4-5H,2-3,6-10H2,1H3. The highest BCUT2D eigenvalue weighted by molar-refractivity contribution is 6.42. The number of rotatable bonds is 4. The molecule has 0 amide bonds. The molecule has 0 unspecified atom stereocenters. The molecule has 7 heteroatoms. The van der Waals surface area contributed by atoms with Gasteiger partial charge in [-0.15, -0.1) is 0 Å². The van der Waals surface area contributed by atoms with E-state index in [2.05, 4.69) is 16.8 Å². The minimum atomic E-state index is -4.41. The number of nitrogens with zero attached hydrogens (tertiary/aromatic N) is 2. The molecule has 1 aromatic rings. The summed E-state index contributed by atoms with van der Waals surface area (Å²) < 4.78 is 39.2. The molecule has 1 aliphatic rings. The molecule has 1 saturated heterocycles. The number of likely N-dealkylation sites (N-methyl/N-ethyl adjacent to an activating group) is 1. The summed E-state index contributed by atoms with van der Waals surface area (Å²) in [5.41, 5.74) is -0.573. The van der Waals surface area contributed by atoms with Gasteiger partial charge in [0.15, 0.2) is 0 Å². The van der Waals surface area contributed by atoms with Crippen LogP contribution in [0.5, 0.6) is 0 Å². The number of hydrogen-bond donors (Lipinski definition) is 0. The molecule has 1 aliphatic heterocycles. The Labute approximate surface area is 138 Å². The van der Waals surface area contributed by atoms with E-state index in [0.29, 0.717) is 6.42 Å². The first kappa shape index (κ1) is 17.9. The van der Waals surface area contributed by atoms with Gasteiger partial charge >= 0.3 is 6.18 Å². The summed E-state index contributed by atoms with van der Waals surface area (Å²) in [4.78, 5) is 4.51. The molecule has 0 bridgehead atoms. The van der Waals surface area contributed by atoms with E-state index < -0.39 is 11.7 Å². The normalized spacial score (nSPS) is 17.9. The fourth-order valence-electron chi connectivity index (χ4n) is 2.65. The van der Waals surface area contributed by atoms with Gasteiger partial charge in [-0.3, -0.25) is 0 Å². The lowest BCUT2D eigenvalue weighted by Crippen LogP contribution is -2.44. The lowest BCUT2D eigenvalue weighted by Gasteiger charge is -2.32. The van der Waals surface area contributed by atoms with Gasteiger partial charge in [-0.1, -0.05) is 23.2 Å². The van der Waals surface area contributed by atoms with Gasteiger partial charge < -0.3 is 9.80 Å². The van der Waals surface area contributed by atoms with Crippen LogP contribution in [0.2, 0.25) is 10.0 Å². The van der Waals surface area contributed by atoms with Crippen LogP contribution in [0.4, 0.5) is 13.2 Å². The van der Waals surface area contributed by atoms with Crippen molar-refractivity contribution in [2.45, 2.75) is 19.0 Å². The highest BCUT2D eigenvalue weighted by atomic mass is 35.5. The van der Waals surface area contributed by atoms with Crippen molar-refractivity contribution in [3.63, 3.8) is 0 Å². The Balaban J connectivity index is 2.01. The van der Waals surface area contributed by atoms with Crippen molar-refractivity contribution in [3.8, 4) is 0 Å². The molecule has 1 aromatic carbocycles. The van der Waals surface area contributed by atoms with E-state index in [0.717, 1.165) is 38.8 Å². The minimum absolute atomic E-state index is 0.0230. The predicted octanol–water partition coefficient (Wildman–Crippen LogP) is 4.19. The second-order valence-electron chi connectivity index (χ2n) is 5.63. The predicted molar refractivity (Wildman–Crippen MR) is 83.7 cm³/mol. The first-order valence-corrected chi connectivity index (χ1v) is 7.99. The third kappa shape index (κ3) is 4.51. The van der Waals surface area contributed by atoms with E-state index in [1.807, 2.05) is 0 Å². The van der Waals surface area contributed by atoms with E-state index in [4.69, 9.17) is 23.2 Å².